The molecule has 4 rings (SSSR count). The van der Waals surface area contributed by atoms with Crippen molar-refractivity contribution in [2.24, 2.45) is 0 Å². The SMILES string of the molecule is O=C1C(=O)N(c2cccnc2)C(c2ccc([N+](=O)[O-])cc2)/C1=C(\O)c1ccc(Cl)cc1. The van der Waals surface area contributed by atoms with Gasteiger partial charge in [-0.2, -0.15) is 0 Å². The first-order valence-corrected chi connectivity index (χ1v) is 9.47. The minimum atomic E-state index is -0.999. The van der Waals surface area contributed by atoms with Gasteiger partial charge in [-0.3, -0.25) is 29.6 Å². The minimum absolute atomic E-state index is 0.134. The Kier molecular flexibility index (Phi) is 5.22. The third-order valence-corrected chi connectivity index (χ3v) is 5.16. The van der Waals surface area contributed by atoms with Gasteiger partial charge in [-0.05, 0) is 54.1 Å². The Hall–Kier alpha value is -4.04. The van der Waals surface area contributed by atoms with Crippen molar-refractivity contribution >= 4 is 40.4 Å². The smallest absolute Gasteiger partial charge is 0.300 e. The molecule has 1 unspecified atom stereocenters. The van der Waals surface area contributed by atoms with Crippen LogP contribution in [0, 0.1) is 10.1 Å². The lowest BCUT2D eigenvalue weighted by molar-refractivity contribution is -0.384. The summed E-state index contributed by atoms with van der Waals surface area (Å²) in [7, 11) is 0. The lowest BCUT2D eigenvalue weighted by Gasteiger charge is -2.25. The highest BCUT2D eigenvalue weighted by atomic mass is 35.5. The molecular formula is C22H14ClN3O5. The Bertz CT molecular complexity index is 1210. The van der Waals surface area contributed by atoms with Gasteiger partial charge in [-0.15, -0.1) is 0 Å². The van der Waals surface area contributed by atoms with Gasteiger partial charge in [0, 0.05) is 28.9 Å². The van der Waals surface area contributed by atoms with Crippen molar-refractivity contribution in [3.05, 3.63) is 105 Å². The third-order valence-electron chi connectivity index (χ3n) is 4.91. The minimum Gasteiger partial charge on any atom is -0.507 e. The molecule has 1 N–H and O–H groups in total. The first-order chi connectivity index (χ1) is 14.9. The standard InChI is InChI=1S/C22H14ClN3O5/c23-15-7-3-14(4-8-15)20(27)18-19(13-5-9-16(10-6-13)26(30)31)25(22(29)21(18)28)17-2-1-11-24-12-17/h1-12,19,27H/b20-18+. The van der Waals surface area contributed by atoms with Crippen LogP contribution in [0.4, 0.5) is 11.4 Å². The molecule has 9 heteroatoms. The number of nitro benzene ring substituents is 1. The molecule has 1 aliphatic rings. The average molecular weight is 436 g/mol. The fourth-order valence-electron chi connectivity index (χ4n) is 3.45. The summed E-state index contributed by atoms with van der Waals surface area (Å²) in [5.41, 5.74) is 0.803. The Balaban J connectivity index is 1.92. The second-order valence-electron chi connectivity index (χ2n) is 6.74. The number of hydrogen-bond acceptors (Lipinski definition) is 6. The summed E-state index contributed by atoms with van der Waals surface area (Å²) in [5.74, 6) is -2.09. The number of anilines is 1. The highest BCUT2D eigenvalue weighted by Crippen LogP contribution is 2.42. The summed E-state index contributed by atoms with van der Waals surface area (Å²) < 4.78 is 0. The quantitative estimate of drug-likeness (QED) is 0.215. The Morgan fingerprint density at radius 1 is 1.06 bits per heavy atom. The van der Waals surface area contributed by atoms with Crippen LogP contribution in [0.15, 0.2) is 78.6 Å². The van der Waals surface area contributed by atoms with Crippen molar-refractivity contribution in [1.82, 2.24) is 4.98 Å². The van der Waals surface area contributed by atoms with Gasteiger partial charge in [0.25, 0.3) is 17.4 Å². The zero-order chi connectivity index (χ0) is 22.1. The van der Waals surface area contributed by atoms with Crippen LogP contribution in [0.25, 0.3) is 5.76 Å². The molecule has 1 aliphatic heterocycles. The molecule has 0 radical (unpaired) electrons. The molecule has 2 heterocycles. The molecule has 2 aromatic carbocycles. The number of pyridine rings is 1. The summed E-state index contributed by atoms with van der Waals surface area (Å²) in [6.07, 6.45) is 2.94. The normalized spacial score (nSPS) is 17.7. The lowest BCUT2D eigenvalue weighted by Crippen LogP contribution is -2.29. The number of halogens is 1. The maximum Gasteiger partial charge on any atom is 0.300 e. The average Bonchev–Trinajstić information content (AvgIpc) is 3.05. The number of carbonyl (C=O) groups excluding carboxylic acids is 2. The zero-order valence-corrected chi connectivity index (χ0v) is 16.6. The van der Waals surface area contributed by atoms with Crippen LogP contribution in [0.3, 0.4) is 0 Å². The van der Waals surface area contributed by atoms with Crippen LogP contribution in [-0.2, 0) is 9.59 Å². The summed E-state index contributed by atoms with van der Waals surface area (Å²) in [6, 6.07) is 13.8. The van der Waals surface area contributed by atoms with E-state index < -0.39 is 22.7 Å². The monoisotopic (exact) mass is 435 g/mol. The summed E-state index contributed by atoms with van der Waals surface area (Å²) in [6.45, 7) is 0. The molecule has 8 nitrogen and oxygen atoms in total. The van der Waals surface area contributed by atoms with E-state index >= 15 is 0 Å². The van der Waals surface area contributed by atoms with Crippen LogP contribution < -0.4 is 4.90 Å². The van der Waals surface area contributed by atoms with Gasteiger partial charge in [0.1, 0.15) is 5.76 Å². The van der Waals surface area contributed by atoms with E-state index in [9.17, 15) is 24.8 Å². The number of aliphatic hydroxyl groups excluding tert-OH is 1. The van der Waals surface area contributed by atoms with Gasteiger partial charge in [0.15, 0.2) is 0 Å². The molecule has 0 aliphatic carbocycles. The largest absolute Gasteiger partial charge is 0.507 e. The number of carbonyl (C=O) groups is 2. The number of non-ortho nitro benzene ring substituents is 1. The highest BCUT2D eigenvalue weighted by Gasteiger charge is 2.47. The number of nitrogens with zero attached hydrogens (tertiary/aromatic N) is 3. The van der Waals surface area contributed by atoms with E-state index in [2.05, 4.69) is 4.98 Å². The first-order valence-electron chi connectivity index (χ1n) is 9.10. The van der Waals surface area contributed by atoms with Gasteiger partial charge in [0.2, 0.25) is 0 Å². The Morgan fingerprint density at radius 3 is 2.32 bits per heavy atom. The second kappa shape index (κ2) is 8.00. The van der Waals surface area contributed by atoms with Crippen LogP contribution in [-0.4, -0.2) is 26.7 Å². The number of aromatic nitrogens is 1. The van der Waals surface area contributed by atoms with Crippen molar-refractivity contribution in [3.8, 4) is 0 Å². The topological polar surface area (TPSA) is 114 Å². The second-order valence-corrected chi connectivity index (χ2v) is 7.17. The number of aliphatic hydroxyl groups is 1. The lowest BCUT2D eigenvalue weighted by atomic mass is 9.95. The van der Waals surface area contributed by atoms with E-state index in [1.807, 2.05) is 0 Å². The predicted octanol–water partition coefficient (Wildman–Crippen LogP) is 4.27. The number of amides is 1. The maximum absolute atomic E-state index is 13.0. The van der Waals surface area contributed by atoms with Crippen molar-refractivity contribution in [1.29, 1.82) is 0 Å². The molecule has 154 valence electrons. The van der Waals surface area contributed by atoms with E-state index in [-0.39, 0.29) is 17.0 Å². The summed E-state index contributed by atoms with van der Waals surface area (Å²) in [4.78, 5) is 41.6. The molecule has 0 spiro atoms. The summed E-state index contributed by atoms with van der Waals surface area (Å²) >= 11 is 5.91. The predicted molar refractivity (Wildman–Crippen MR) is 114 cm³/mol. The molecular weight excluding hydrogens is 422 g/mol. The van der Waals surface area contributed by atoms with E-state index in [0.717, 1.165) is 0 Å². The maximum atomic E-state index is 13.0. The Labute approximate surface area is 181 Å². The highest BCUT2D eigenvalue weighted by molar-refractivity contribution is 6.51. The molecule has 1 aromatic heterocycles. The van der Waals surface area contributed by atoms with Crippen molar-refractivity contribution in [3.63, 3.8) is 0 Å². The van der Waals surface area contributed by atoms with Crippen molar-refractivity contribution in [2.75, 3.05) is 4.90 Å². The molecule has 1 amide bonds. The molecule has 0 bridgehead atoms. The first kappa shape index (κ1) is 20.2. The number of nitro groups is 1. The van der Waals surface area contributed by atoms with Crippen LogP contribution in [0.2, 0.25) is 5.02 Å². The molecule has 31 heavy (non-hydrogen) atoms. The number of Topliss-reactive ketones (excluding diaryl/α,β-unsaturated/α-hetero) is 1. The van der Waals surface area contributed by atoms with Gasteiger partial charge >= 0.3 is 0 Å². The number of hydrogen-bond donors (Lipinski definition) is 1. The van der Waals surface area contributed by atoms with Crippen LogP contribution >= 0.6 is 11.6 Å². The van der Waals surface area contributed by atoms with Gasteiger partial charge in [0.05, 0.1) is 28.4 Å². The molecule has 1 atom stereocenters. The molecule has 1 saturated heterocycles. The number of rotatable bonds is 4. The fraction of sp³-hybridized carbons (Fsp3) is 0.0455. The molecule has 1 fully saturated rings. The summed E-state index contributed by atoms with van der Waals surface area (Å²) in [5, 5.41) is 22.4. The Morgan fingerprint density at radius 2 is 1.74 bits per heavy atom. The van der Waals surface area contributed by atoms with E-state index in [1.165, 1.54) is 53.7 Å². The fourth-order valence-corrected chi connectivity index (χ4v) is 3.58. The molecule has 0 saturated carbocycles. The van der Waals surface area contributed by atoms with Crippen molar-refractivity contribution < 1.29 is 19.6 Å². The van der Waals surface area contributed by atoms with Gasteiger partial charge < -0.3 is 5.11 Å². The van der Waals surface area contributed by atoms with Crippen molar-refractivity contribution in [2.45, 2.75) is 6.04 Å². The number of ketones is 1. The third kappa shape index (κ3) is 3.64. The van der Waals surface area contributed by atoms with Gasteiger partial charge in [-0.25, -0.2) is 0 Å². The van der Waals surface area contributed by atoms with Crippen LogP contribution in [0.1, 0.15) is 17.2 Å². The zero-order valence-electron chi connectivity index (χ0n) is 15.8. The van der Waals surface area contributed by atoms with E-state index in [1.54, 1.807) is 24.3 Å². The van der Waals surface area contributed by atoms with E-state index in [0.29, 0.717) is 21.8 Å². The molecule has 3 aromatic rings. The number of benzene rings is 2. The van der Waals surface area contributed by atoms with E-state index in [4.69, 9.17) is 11.6 Å². The van der Waals surface area contributed by atoms with Crippen LogP contribution in [0.5, 0.6) is 0 Å². The van der Waals surface area contributed by atoms with Gasteiger partial charge in [-0.1, -0.05) is 11.6 Å².